The summed E-state index contributed by atoms with van der Waals surface area (Å²) in [5, 5.41) is 1.40. The van der Waals surface area contributed by atoms with E-state index in [4.69, 9.17) is 5.73 Å². The Morgan fingerprint density at radius 2 is 1.88 bits per heavy atom. The van der Waals surface area contributed by atoms with Gasteiger partial charge in [-0.05, 0) is 17.0 Å². The van der Waals surface area contributed by atoms with Crippen LogP contribution in [-0.4, -0.2) is 5.91 Å². The lowest BCUT2D eigenvalue weighted by molar-refractivity contribution is -0.117. The Hall–Kier alpha value is -2.16. The first kappa shape index (κ1) is 11.3. The maximum atomic E-state index is 13.5. The molecule has 0 saturated heterocycles. The van der Waals surface area contributed by atoms with Crippen molar-refractivity contribution in [3.63, 3.8) is 0 Å². The Labute approximate surface area is 98.6 Å². The first-order chi connectivity index (χ1) is 8.18. The molecule has 0 unspecified atom stereocenters. The van der Waals surface area contributed by atoms with Crippen LogP contribution in [0.2, 0.25) is 0 Å². The van der Waals surface area contributed by atoms with Crippen LogP contribution in [0.4, 0.5) is 4.39 Å². The molecule has 0 atom stereocenters. The van der Waals surface area contributed by atoms with E-state index in [0.29, 0.717) is 5.39 Å². The van der Waals surface area contributed by atoms with E-state index in [1.165, 1.54) is 6.07 Å². The number of carbonyl (C=O) groups excluding carboxylic acids is 1. The third kappa shape index (κ3) is 2.50. The fourth-order valence-electron chi connectivity index (χ4n) is 1.73. The predicted octanol–water partition coefficient (Wildman–Crippen LogP) is 2.87. The van der Waals surface area contributed by atoms with E-state index in [0.717, 1.165) is 10.9 Å². The topological polar surface area (TPSA) is 43.1 Å². The molecule has 0 radical (unpaired) electrons. The maximum Gasteiger partial charge on any atom is 0.221 e. The minimum Gasteiger partial charge on any atom is -0.369 e. The Morgan fingerprint density at radius 1 is 1.18 bits per heavy atom. The summed E-state index contributed by atoms with van der Waals surface area (Å²) in [6.07, 6.45) is 3.65. The summed E-state index contributed by atoms with van der Waals surface area (Å²) < 4.78 is 13.5. The third-order valence-corrected chi connectivity index (χ3v) is 2.52. The lowest BCUT2D eigenvalue weighted by Crippen LogP contribution is -2.07. The number of hydrogen-bond acceptors (Lipinski definition) is 1. The van der Waals surface area contributed by atoms with Crippen molar-refractivity contribution in [2.24, 2.45) is 5.73 Å². The minimum absolute atomic E-state index is 0.186. The van der Waals surface area contributed by atoms with Gasteiger partial charge in [-0.2, -0.15) is 0 Å². The summed E-state index contributed by atoms with van der Waals surface area (Å²) in [7, 11) is 0. The molecule has 0 spiro atoms. The maximum absolute atomic E-state index is 13.5. The van der Waals surface area contributed by atoms with Gasteiger partial charge >= 0.3 is 0 Å². The van der Waals surface area contributed by atoms with Crippen molar-refractivity contribution in [1.82, 2.24) is 0 Å². The Bertz CT molecular complexity index is 590. The first-order valence-corrected chi connectivity index (χ1v) is 5.30. The van der Waals surface area contributed by atoms with Crippen molar-refractivity contribution >= 4 is 22.8 Å². The summed E-state index contributed by atoms with van der Waals surface area (Å²) >= 11 is 0. The molecule has 2 aromatic rings. The van der Waals surface area contributed by atoms with Gasteiger partial charge in [0.25, 0.3) is 0 Å². The van der Waals surface area contributed by atoms with Gasteiger partial charge < -0.3 is 5.73 Å². The smallest absolute Gasteiger partial charge is 0.221 e. The Kier molecular flexibility index (Phi) is 3.19. The minimum atomic E-state index is -0.382. The number of nitrogens with two attached hydrogens (primary N) is 1. The van der Waals surface area contributed by atoms with Gasteiger partial charge in [0.15, 0.2) is 0 Å². The molecule has 3 heteroatoms. The van der Waals surface area contributed by atoms with Gasteiger partial charge in [-0.1, -0.05) is 42.5 Å². The number of amides is 1. The van der Waals surface area contributed by atoms with Crippen LogP contribution in [0.1, 0.15) is 12.0 Å². The largest absolute Gasteiger partial charge is 0.369 e. The SMILES string of the molecule is NC(=O)CC=Cc1ccc(F)c2ccccc12. The van der Waals surface area contributed by atoms with Crippen LogP contribution in [0, 0.1) is 5.82 Å². The van der Waals surface area contributed by atoms with E-state index in [9.17, 15) is 9.18 Å². The standard InChI is InChI=1S/C14H12FNO/c15-13-9-8-10(4-3-7-14(16)17)11-5-1-2-6-12(11)13/h1-6,8-9H,7H2,(H2,16,17). The normalized spacial score (nSPS) is 11.1. The van der Waals surface area contributed by atoms with Crippen LogP contribution in [0.5, 0.6) is 0 Å². The molecule has 0 saturated carbocycles. The van der Waals surface area contributed by atoms with E-state index in [1.54, 1.807) is 30.4 Å². The van der Waals surface area contributed by atoms with Gasteiger partial charge in [0.2, 0.25) is 5.91 Å². The summed E-state index contributed by atoms with van der Waals surface area (Å²) in [6.45, 7) is 0. The summed E-state index contributed by atoms with van der Waals surface area (Å²) in [5.41, 5.74) is 5.92. The highest BCUT2D eigenvalue weighted by Gasteiger charge is 2.02. The second-order valence-corrected chi connectivity index (χ2v) is 3.76. The fourth-order valence-corrected chi connectivity index (χ4v) is 1.73. The molecule has 0 aliphatic heterocycles. The fraction of sp³-hybridized carbons (Fsp3) is 0.0714. The molecule has 0 heterocycles. The van der Waals surface area contributed by atoms with Gasteiger partial charge in [0, 0.05) is 11.8 Å². The van der Waals surface area contributed by atoms with Crippen molar-refractivity contribution in [3.05, 3.63) is 53.9 Å². The number of fused-ring (bicyclic) bond motifs is 1. The van der Waals surface area contributed by atoms with Crippen LogP contribution in [0.3, 0.4) is 0 Å². The molecule has 2 rings (SSSR count). The molecule has 0 bridgehead atoms. The first-order valence-electron chi connectivity index (χ1n) is 5.30. The number of hydrogen-bond donors (Lipinski definition) is 1. The van der Waals surface area contributed by atoms with Crippen LogP contribution in [0.15, 0.2) is 42.5 Å². The van der Waals surface area contributed by atoms with E-state index in [-0.39, 0.29) is 18.1 Å². The highest BCUT2D eigenvalue weighted by atomic mass is 19.1. The molecule has 2 N–H and O–H groups in total. The number of halogens is 1. The zero-order valence-corrected chi connectivity index (χ0v) is 9.19. The van der Waals surface area contributed by atoms with Crippen LogP contribution in [-0.2, 0) is 4.79 Å². The lowest BCUT2D eigenvalue weighted by Gasteiger charge is -2.03. The van der Waals surface area contributed by atoms with E-state index < -0.39 is 0 Å². The van der Waals surface area contributed by atoms with Gasteiger partial charge in [0.05, 0.1) is 0 Å². The van der Waals surface area contributed by atoms with Crippen molar-refractivity contribution in [1.29, 1.82) is 0 Å². The molecule has 17 heavy (non-hydrogen) atoms. The molecule has 0 aliphatic rings. The summed E-state index contributed by atoms with van der Waals surface area (Å²) in [4.78, 5) is 10.6. The average molecular weight is 229 g/mol. The molecule has 2 nitrogen and oxygen atoms in total. The molecule has 2 aromatic carbocycles. The molecular weight excluding hydrogens is 217 g/mol. The van der Waals surface area contributed by atoms with Crippen molar-refractivity contribution in [3.8, 4) is 0 Å². The van der Waals surface area contributed by atoms with Gasteiger partial charge in [-0.25, -0.2) is 4.39 Å². The van der Waals surface area contributed by atoms with Crippen LogP contribution >= 0.6 is 0 Å². The second-order valence-electron chi connectivity index (χ2n) is 3.76. The second kappa shape index (κ2) is 4.78. The highest BCUT2D eigenvalue weighted by molar-refractivity contribution is 5.91. The quantitative estimate of drug-likeness (QED) is 0.864. The lowest BCUT2D eigenvalue weighted by atomic mass is 10.0. The van der Waals surface area contributed by atoms with Crippen LogP contribution in [0.25, 0.3) is 16.8 Å². The van der Waals surface area contributed by atoms with Gasteiger partial charge in [-0.3, -0.25) is 4.79 Å². The highest BCUT2D eigenvalue weighted by Crippen LogP contribution is 2.22. The number of carbonyl (C=O) groups is 1. The molecular formula is C14H12FNO. The third-order valence-electron chi connectivity index (χ3n) is 2.52. The van der Waals surface area contributed by atoms with Crippen molar-refractivity contribution in [2.75, 3.05) is 0 Å². The van der Waals surface area contributed by atoms with E-state index in [2.05, 4.69) is 0 Å². The molecule has 0 fully saturated rings. The van der Waals surface area contributed by atoms with Gasteiger partial charge in [0.1, 0.15) is 5.82 Å². The van der Waals surface area contributed by atoms with Crippen molar-refractivity contribution in [2.45, 2.75) is 6.42 Å². The number of benzene rings is 2. The van der Waals surface area contributed by atoms with E-state index in [1.807, 2.05) is 12.1 Å². The summed E-state index contributed by atoms with van der Waals surface area (Å²) in [5.74, 6) is -0.625. The molecule has 0 aromatic heterocycles. The number of primary amides is 1. The number of rotatable bonds is 3. The average Bonchev–Trinajstić information content (AvgIpc) is 2.32. The zero-order valence-electron chi connectivity index (χ0n) is 9.19. The predicted molar refractivity (Wildman–Crippen MR) is 66.8 cm³/mol. The Morgan fingerprint density at radius 3 is 2.59 bits per heavy atom. The monoisotopic (exact) mass is 229 g/mol. The van der Waals surface area contributed by atoms with Crippen LogP contribution < -0.4 is 5.73 Å². The van der Waals surface area contributed by atoms with E-state index >= 15 is 0 Å². The van der Waals surface area contributed by atoms with Crippen molar-refractivity contribution < 1.29 is 9.18 Å². The van der Waals surface area contributed by atoms with Gasteiger partial charge in [-0.15, -0.1) is 0 Å². The molecule has 86 valence electrons. The zero-order chi connectivity index (χ0) is 12.3. The molecule has 1 amide bonds. The molecule has 0 aliphatic carbocycles. The Balaban J connectivity index is 2.45. The summed E-state index contributed by atoms with van der Waals surface area (Å²) in [6, 6.07) is 10.3.